The van der Waals surface area contributed by atoms with Crippen LogP contribution in [-0.2, 0) is 18.4 Å². The lowest BCUT2D eigenvalue weighted by molar-refractivity contribution is -0.113. The smallest absolute Gasteiger partial charge is 0.234 e. The molecule has 6 nitrogen and oxygen atoms in total. The standard InChI is InChI=1S/C20H22ClN5OS/c1-13-4-9-17(14(2)10-13)23-19(27)12-28-20-25-24-18(26(20)3)11-22-16-7-5-15(21)6-8-16/h4-10,22H,11-12H2,1-3H3,(H,23,27). The van der Waals surface area contributed by atoms with Gasteiger partial charge in [0.25, 0.3) is 0 Å². The van der Waals surface area contributed by atoms with Gasteiger partial charge in [-0.15, -0.1) is 10.2 Å². The number of anilines is 2. The fourth-order valence-electron chi connectivity index (χ4n) is 2.64. The highest BCUT2D eigenvalue weighted by Gasteiger charge is 2.12. The first-order valence-electron chi connectivity index (χ1n) is 8.80. The Bertz CT molecular complexity index is 971. The molecule has 1 amide bonds. The zero-order valence-corrected chi connectivity index (χ0v) is 17.6. The summed E-state index contributed by atoms with van der Waals surface area (Å²) in [5.74, 6) is 0.984. The lowest BCUT2D eigenvalue weighted by Gasteiger charge is -2.09. The SMILES string of the molecule is Cc1ccc(NC(=O)CSc2nnc(CNc3ccc(Cl)cc3)n2C)c(C)c1. The van der Waals surface area contributed by atoms with Crippen LogP contribution in [0.4, 0.5) is 11.4 Å². The normalized spacial score (nSPS) is 10.7. The third kappa shape index (κ3) is 5.27. The topological polar surface area (TPSA) is 71.8 Å². The van der Waals surface area contributed by atoms with Crippen LogP contribution in [0.15, 0.2) is 47.6 Å². The maximum atomic E-state index is 12.3. The molecule has 0 bridgehead atoms. The number of rotatable bonds is 7. The summed E-state index contributed by atoms with van der Waals surface area (Å²) in [6.07, 6.45) is 0. The number of benzene rings is 2. The van der Waals surface area contributed by atoms with Crippen LogP contribution in [-0.4, -0.2) is 26.4 Å². The number of aryl methyl sites for hydroxylation is 2. The summed E-state index contributed by atoms with van der Waals surface area (Å²) in [5.41, 5.74) is 4.01. The number of thioether (sulfide) groups is 1. The fourth-order valence-corrected chi connectivity index (χ4v) is 3.50. The maximum Gasteiger partial charge on any atom is 0.234 e. The number of nitrogens with one attached hydrogen (secondary N) is 2. The van der Waals surface area contributed by atoms with E-state index in [4.69, 9.17) is 11.6 Å². The molecule has 2 aromatic carbocycles. The van der Waals surface area contributed by atoms with Gasteiger partial charge in [-0.2, -0.15) is 0 Å². The van der Waals surface area contributed by atoms with Crippen LogP contribution in [0.5, 0.6) is 0 Å². The molecule has 146 valence electrons. The Morgan fingerprint density at radius 1 is 1.14 bits per heavy atom. The van der Waals surface area contributed by atoms with Crippen LogP contribution < -0.4 is 10.6 Å². The first kappa shape index (κ1) is 20.2. The van der Waals surface area contributed by atoms with Crippen molar-refractivity contribution < 1.29 is 4.79 Å². The third-order valence-corrected chi connectivity index (χ3v) is 5.48. The van der Waals surface area contributed by atoms with E-state index in [2.05, 4.69) is 20.8 Å². The minimum atomic E-state index is -0.0687. The molecule has 3 rings (SSSR count). The molecule has 0 aliphatic rings. The van der Waals surface area contributed by atoms with Crippen molar-refractivity contribution in [2.45, 2.75) is 25.5 Å². The van der Waals surface area contributed by atoms with Crippen LogP contribution in [0.2, 0.25) is 5.02 Å². The average molecular weight is 416 g/mol. The van der Waals surface area contributed by atoms with Crippen molar-refractivity contribution in [3.8, 4) is 0 Å². The Balaban J connectivity index is 1.53. The van der Waals surface area contributed by atoms with E-state index in [9.17, 15) is 4.79 Å². The van der Waals surface area contributed by atoms with Crippen molar-refractivity contribution in [2.75, 3.05) is 16.4 Å². The number of carbonyl (C=O) groups is 1. The lowest BCUT2D eigenvalue weighted by Crippen LogP contribution is -2.15. The minimum absolute atomic E-state index is 0.0687. The van der Waals surface area contributed by atoms with Gasteiger partial charge in [-0.1, -0.05) is 41.1 Å². The maximum absolute atomic E-state index is 12.3. The Morgan fingerprint density at radius 2 is 1.89 bits per heavy atom. The molecule has 2 N–H and O–H groups in total. The van der Waals surface area contributed by atoms with Crippen LogP contribution in [0, 0.1) is 13.8 Å². The molecule has 0 unspecified atom stereocenters. The van der Waals surface area contributed by atoms with E-state index in [1.165, 1.54) is 17.3 Å². The van der Waals surface area contributed by atoms with Gasteiger partial charge < -0.3 is 15.2 Å². The molecule has 8 heteroatoms. The van der Waals surface area contributed by atoms with E-state index in [-0.39, 0.29) is 11.7 Å². The lowest BCUT2D eigenvalue weighted by atomic mass is 10.1. The second kappa shape index (κ2) is 9.12. The number of carbonyl (C=O) groups excluding carboxylic acids is 1. The number of amides is 1. The number of hydrogen-bond donors (Lipinski definition) is 2. The molecule has 0 saturated carbocycles. The van der Waals surface area contributed by atoms with E-state index < -0.39 is 0 Å². The molecule has 1 heterocycles. The molecule has 1 aromatic heterocycles. The van der Waals surface area contributed by atoms with E-state index in [1.54, 1.807) is 0 Å². The number of hydrogen-bond acceptors (Lipinski definition) is 5. The second-order valence-electron chi connectivity index (χ2n) is 6.47. The molecule has 0 atom stereocenters. The van der Waals surface area contributed by atoms with E-state index in [0.717, 1.165) is 22.8 Å². The fraction of sp³-hybridized carbons (Fsp3) is 0.250. The van der Waals surface area contributed by atoms with Crippen molar-refractivity contribution in [3.63, 3.8) is 0 Å². The van der Waals surface area contributed by atoms with Gasteiger partial charge in [0.2, 0.25) is 5.91 Å². The first-order valence-corrected chi connectivity index (χ1v) is 10.2. The van der Waals surface area contributed by atoms with Gasteiger partial charge in [0.15, 0.2) is 11.0 Å². The molecule has 28 heavy (non-hydrogen) atoms. The zero-order valence-electron chi connectivity index (χ0n) is 16.0. The summed E-state index contributed by atoms with van der Waals surface area (Å²) in [5, 5.41) is 16.0. The van der Waals surface area contributed by atoms with Crippen molar-refractivity contribution in [1.29, 1.82) is 0 Å². The van der Waals surface area contributed by atoms with Crippen LogP contribution in [0.25, 0.3) is 0 Å². The van der Waals surface area contributed by atoms with Crippen molar-refractivity contribution >= 4 is 40.6 Å². The van der Waals surface area contributed by atoms with Crippen molar-refractivity contribution in [3.05, 3.63) is 64.4 Å². The summed E-state index contributed by atoms with van der Waals surface area (Å²) >= 11 is 7.25. The van der Waals surface area contributed by atoms with Gasteiger partial charge in [0, 0.05) is 23.4 Å². The van der Waals surface area contributed by atoms with Crippen molar-refractivity contribution in [1.82, 2.24) is 14.8 Å². The second-order valence-corrected chi connectivity index (χ2v) is 7.85. The third-order valence-electron chi connectivity index (χ3n) is 4.21. The highest BCUT2D eigenvalue weighted by atomic mass is 35.5. The molecule has 0 spiro atoms. The van der Waals surface area contributed by atoms with E-state index >= 15 is 0 Å². The van der Waals surface area contributed by atoms with Gasteiger partial charge in [-0.05, 0) is 49.7 Å². The van der Waals surface area contributed by atoms with Crippen LogP contribution >= 0.6 is 23.4 Å². The zero-order chi connectivity index (χ0) is 20.1. The predicted octanol–water partition coefficient (Wildman–Crippen LogP) is 4.43. The number of halogens is 1. The Hall–Kier alpha value is -2.51. The minimum Gasteiger partial charge on any atom is -0.378 e. The van der Waals surface area contributed by atoms with Crippen molar-refractivity contribution in [2.24, 2.45) is 7.05 Å². The molecule has 0 saturated heterocycles. The Kier molecular flexibility index (Phi) is 6.59. The summed E-state index contributed by atoms with van der Waals surface area (Å²) in [4.78, 5) is 12.3. The molecular formula is C20H22ClN5OS. The molecular weight excluding hydrogens is 394 g/mol. The van der Waals surface area contributed by atoms with Gasteiger partial charge in [0.05, 0.1) is 12.3 Å². The average Bonchev–Trinajstić information content (AvgIpc) is 3.02. The number of aromatic nitrogens is 3. The quantitative estimate of drug-likeness (QED) is 0.558. The van der Waals surface area contributed by atoms with Gasteiger partial charge >= 0.3 is 0 Å². The molecule has 0 radical (unpaired) electrons. The highest BCUT2D eigenvalue weighted by Crippen LogP contribution is 2.20. The molecule has 0 aliphatic heterocycles. The molecule has 0 aliphatic carbocycles. The Labute approximate surface area is 173 Å². The van der Waals surface area contributed by atoms with Gasteiger partial charge in [0.1, 0.15) is 0 Å². The van der Waals surface area contributed by atoms with E-state index in [0.29, 0.717) is 16.7 Å². The van der Waals surface area contributed by atoms with Gasteiger partial charge in [-0.25, -0.2) is 0 Å². The largest absolute Gasteiger partial charge is 0.378 e. The van der Waals surface area contributed by atoms with Crippen LogP contribution in [0.3, 0.4) is 0 Å². The molecule has 3 aromatic rings. The first-order chi connectivity index (χ1) is 13.4. The summed E-state index contributed by atoms with van der Waals surface area (Å²) in [7, 11) is 1.89. The summed E-state index contributed by atoms with van der Waals surface area (Å²) in [6, 6.07) is 13.4. The highest BCUT2D eigenvalue weighted by molar-refractivity contribution is 7.99. The van der Waals surface area contributed by atoms with Gasteiger partial charge in [-0.3, -0.25) is 4.79 Å². The summed E-state index contributed by atoms with van der Waals surface area (Å²) < 4.78 is 1.89. The van der Waals surface area contributed by atoms with Crippen LogP contribution in [0.1, 0.15) is 17.0 Å². The monoisotopic (exact) mass is 415 g/mol. The van der Waals surface area contributed by atoms with E-state index in [1.807, 2.05) is 67.9 Å². The number of nitrogens with zero attached hydrogens (tertiary/aromatic N) is 3. The summed E-state index contributed by atoms with van der Waals surface area (Å²) in [6.45, 7) is 4.54. The predicted molar refractivity (Wildman–Crippen MR) is 115 cm³/mol. The Morgan fingerprint density at radius 3 is 2.61 bits per heavy atom. The molecule has 0 fully saturated rings.